The van der Waals surface area contributed by atoms with Crippen LogP contribution in [0.3, 0.4) is 0 Å². The molecule has 0 unspecified atom stereocenters. The van der Waals surface area contributed by atoms with E-state index in [1.807, 2.05) is 30.3 Å². The van der Waals surface area contributed by atoms with Gasteiger partial charge >= 0.3 is 0 Å². The number of pyridine rings is 2. The summed E-state index contributed by atoms with van der Waals surface area (Å²) in [5.41, 5.74) is 14.9. The minimum Gasteiger partial charge on any atom is -0.486 e. The SMILES string of the molecule is CC(C)Cc1cc(-c2[c-]cccc2)ncc1[Si](C)(C)C.Cc1cc(-c2ccccc2)cc(C)c1-n1c(-c2[c-]cc3oc4nc(C(C)(C)C)ccc4c3c2)nc2ccccc21.[Ir]. The van der Waals surface area contributed by atoms with Crippen LogP contribution >= 0.6 is 0 Å². The third kappa shape index (κ3) is 9.11. The molecule has 4 heterocycles. The van der Waals surface area contributed by atoms with Gasteiger partial charge in [0.15, 0.2) is 0 Å². The molecular formula is C54H54IrN4OSi-2. The number of para-hydroxylation sites is 2. The van der Waals surface area contributed by atoms with Crippen LogP contribution in [0.1, 0.15) is 57.0 Å². The van der Waals surface area contributed by atoms with E-state index in [9.17, 15) is 0 Å². The monoisotopic (exact) mass is 995 g/mol. The van der Waals surface area contributed by atoms with E-state index in [-0.39, 0.29) is 25.5 Å². The Labute approximate surface area is 375 Å². The van der Waals surface area contributed by atoms with Crippen LogP contribution in [0, 0.1) is 31.9 Å². The van der Waals surface area contributed by atoms with Gasteiger partial charge in [0.25, 0.3) is 0 Å². The van der Waals surface area contributed by atoms with Gasteiger partial charge in [0, 0.05) is 48.5 Å². The number of benzene rings is 5. The first-order valence-electron chi connectivity index (χ1n) is 21.0. The van der Waals surface area contributed by atoms with E-state index in [4.69, 9.17) is 14.4 Å². The molecule has 5 aromatic carbocycles. The van der Waals surface area contributed by atoms with Crippen molar-refractivity contribution in [1.82, 2.24) is 19.5 Å². The zero-order valence-electron chi connectivity index (χ0n) is 36.9. The van der Waals surface area contributed by atoms with Crippen molar-refractivity contribution in [3.63, 3.8) is 0 Å². The number of hydrogen-bond donors (Lipinski definition) is 0. The van der Waals surface area contributed by atoms with Crippen LogP contribution in [-0.2, 0) is 31.9 Å². The fraction of sp³-hybridized carbons (Fsp3) is 0.241. The molecule has 5 nitrogen and oxygen atoms in total. The van der Waals surface area contributed by atoms with Crippen LogP contribution in [0.5, 0.6) is 0 Å². The molecule has 0 amide bonds. The minimum atomic E-state index is -1.34. The van der Waals surface area contributed by atoms with Gasteiger partial charge in [0.05, 0.1) is 30.5 Å². The number of nitrogens with zero attached hydrogens (tertiary/aromatic N) is 4. The van der Waals surface area contributed by atoms with E-state index in [0.717, 1.165) is 67.8 Å². The molecule has 61 heavy (non-hydrogen) atoms. The smallest absolute Gasteiger partial charge is 0.216 e. The van der Waals surface area contributed by atoms with Gasteiger partial charge < -0.3 is 14.0 Å². The summed E-state index contributed by atoms with van der Waals surface area (Å²) in [7, 11) is -1.34. The van der Waals surface area contributed by atoms with Crippen LogP contribution in [0.2, 0.25) is 19.6 Å². The second-order valence-corrected chi connectivity index (χ2v) is 23.5. The molecule has 0 atom stereocenters. The average molecular weight is 995 g/mol. The van der Waals surface area contributed by atoms with Crippen molar-refractivity contribution in [2.75, 3.05) is 0 Å². The molecular weight excluding hydrogens is 941 g/mol. The molecule has 0 N–H and O–H groups in total. The summed E-state index contributed by atoms with van der Waals surface area (Å²) in [4.78, 5) is 14.7. The Morgan fingerprint density at radius 2 is 1.44 bits per heavy atom. The molecule has 0 bridgehead atoms. The third-order valence-corrected chi connectivity index (χ3v) is 13.1. The Morgan fingerprint density at radius 1 is 0.738 bits per heavy atom. The van der Waals surface area contributed by atoms with E-state index in [1.54, 1.807) is 0 Å². The average Bonchev–Trinajstić information content (AvgIpc) is 3.78. The fourth-order valence-electron chi connectivity index (χ4n) is 8.17. The van der Waals surface area contributed by atoms with E-state index in [2.05, 4.69) is 187 Å². The maximum absolute atomic E-state index is 6.18. The molecule has 0 fully saturated rings. The molecule has 0 aliphatic heterocycles. The first-order chi connectivity index (χ1) is 28.7. The number of furan rings is 1. The summed E-state index contributed by atoms with van der Waals surface area (Å²) in [5.74, 6) is 1.52. The predicted octanol–water partition coefficient (Wildman–Crippen LogP) is 13.7. The summed E-state index contributed by atoms with van der Waals surface area (Å²) in [6.07, 6.45) is 3.24. The van der Waals surface area contributed by atoms with Crippen LogP contribution in [0.15, 0.2) is 132 Å². The van der Waals surface area contributed by atoms with Crippen LogP contribution in [-0.4, -0.2) is 27.6 Å². The molecule has 4 aromatic heterocycles. The predicted molar refractivity (Wildman–Crippen MR) is 254 cm³/mol. The number of fused-ring (bicyclic) bond motifs is 4. The van der Waals surface area contributed by atoms with Crippen LogP contribution < -0.4 is 5.19 Å². The van der Waals surface area contributed by atoms with Crippen molar-refractivity contribution in [3.8, 4) is 39.5 Å². The molecule has 1 radical (unpaired) electrons. The van der Waals surface area contributed by atoms with E-state index >= 15 is 0 Å². The summed E-state index contributed by atoms with van der Waals surface area (Å²) >= 11 is 0. The molecule has 0 aliphatic rings. The quantitative estimate of drug-likeness (QED) is 0.118. The maximum Gasteiger partial charge on any atom is 0.216 e. The minimum absolute atomic E-state index is 0. The van der Waals surface area contributed by atoms with E-state index in [1.165, 1.54) is 33.0 Å². The number of aryl methyl sites for hydroxylation is 2. The normalized spacial score (nSPS) is 11.9. The molecule has 0 spiro atoms. The topological polar surface area (TPSA) is 56.7 Å². The molecule has 7 heteroatoms. The zero-order valence-corrected chi connectivity index (χ0v) is 40.3. The van der Waals surface area contributed by atoms with Gasteiger partial charge in [-0.25, -0.2) is 4.98 Å². The number of aromatic nitrogens is 4. The Bertz CT molecular complexity index is 2950. The van der Waals surface area contributed by atoms with Crippen molar-refractivity contribution in [2.45, 2.75) is 79.9 Å². The second-order valence-electron chi connectivity index (χ2n) is 18.5. The third-order valence-electron chi connectivity index (χ3n) is 11.1. The van der Waals surface area contributed by atoms with Gasteiger partial charge in [-0.1, -0.05) is 114 Å². The first-order valence-corrected chi connectivity index (χ1v) is 24.5. The van der Waals surface area contributed by atoms with Crippen molar-refractivity contribution in [2.24, 2.45) is 5.92 Å². The number of hydrogen-bond acceptors (Lipinski definition) is 4. The first kappa shape index (κ1) is 43.6. The summed E-state index contributed by atoms with van der Waals surface area (Å²) in [5, 5.41) is 3.51. The van der Waals surface area contributed by atoms with Gasteiger partial charge in [-0.2, -0.15) is 0 Å². The Kier molecular flexibility index (Phi) is 12.5. The van der Waals surface area contributed by atoms with Crippen molar-refractivity contribution >= 4 is 46.4 Å². The van der Waals surface area contributed by atoms with Crippen LogP contribution in [0.4, 0.5) is 0 Å². The molecule has 311 valence electrons. The molecule has 9 aromatic rings. The Balaban J connectivity index is 0.000000226. The van der Waals surface area contributed by atoms with Crippen molar-refractivity contribution in [3.05, 3.63) is 162 Å². The van der Waals surface area contributed by atoms with Gasteiger partial charge in [-0.05, 0) is 95.7 Å². The summed E-state index contributed by atoms with van der Waals surface area (Å²) in [6.45, 7) is 22.6. The number of rotatable bonds is 7. The van der Waals surface area contributed by atoms with Crippen molar-refractivity contribution in [1.29, 1.82) is 0 Å². The Hall–Kier alpha value is -5.46. The van der Waals surface area contributed by atoms with Gasteiger partial charge in [-0.15, -0.1) is 59.7 Å². The largest absolute Gasteiger partial charge is 0.486 e. The van der Waals surface area contributed by atoms with Gasteiger partial charge in [-0.3, -0.25) is 4.98 Å². The van der Waals surface area contributed by atoms with E-state index in [0.29, 0.717) is 11.6 Å². The van der Waals surface area contributed by atoms with Crippen LogP contribution in [0.25, 0.3) is 72.6 Å². The standard InChI is InChI=1S/C36H30N3O.C18H24NSi.Ir/c1-22-19-26(24-11-7-6-8-12-24)20-23(2)33(22)39-30-14-10-9-13-29(30)37-34(39)25-15-17-31-28(21-25)27-16-18-32(36(3,4)5)38-35(27)40-31;1-14(2)11-16-12-17(15-9-7-6-8-10-15)19-13-18(16)20(3,4)5;/h6-14,16-21H,1-5H3;6-9,12-14H,11H2,1-5H3;/q2*-1;. The zero-order chi connectivity index (χ0) is 42.3. The molecule has 9 rings (SSSR count). The number of imidazole rings is 1. The maximum atomic E-state index is 6.18. The summed E-state index contributed by atoms with van der Waals surface area (Å²) < 4.78 is 8.46. The van der Waals surface area contributed by atoms with Crippen molar-refractivity contribution < 1.29 is 24.5 Å². The molecule has 0 aliphatic carbocycles. The molecule has 0 saturated heterocycles. The van der Waals surface area contributed by atoms with Gasteiger partial charge in [0.1, 0.15) is 0 Å². The molecule has 0 saturated carbocycles. The Morgan fingerprint density at radius 3 is 2.11 bits per heavy atom. The summed E-state index contributed by atoms with van der Waals surface area (Å²) in [6, 6.07) is 48.8. The fourth-order valence-corrected chi connectivity index (χ4v) is 9.76. The second kappa shape index (κ2) is 17.5. The van der Waals surface area contributed by atoms with Gasteiger partial charge in [0.2, 0.25) is 5.71 Å². The van der Waals surface area contributed by atoms with E-state index < -0.39 is 8.07 Å².